The van der Waals surface area contributed by atoms with Gasteiger partial charge in [-0.3, -0.25) is 14.8 Å². The van der Waals surface area contributed by atoms with E-state index in [2.05, 4.69) is 15.7 Å². The van der Waals surface area contributed by atoms with E-state index in [-0.39, 0.29) is 19.0 Å². The summed E-state index contributed by atoms with van der Waals surface area (Å²) in [7, 11) is 1.73. The number of aromatic nitrogens is 2. The second kappa shape index (κ2) is 4.77. The lowest BCUT2D eigenvalue weighted by Crippen LogP contribution is -2.51. The number of halogens is 1. The summed E-state index contributed by atoms with van der Waals surface area (Å²) in [5.41, 5.74) is 5.84. The molecule has 1 aliphatic heterocycles. The average Bonchev–Trinajstić information content (AvgIpc) is 2.86. The average molecular weight is 296 g/mol. The molecule has 7 nitrogen and oxygen atoms in total. The molecule has 3 amide bonds. The number of nitrogens with two attached hydrogens (primary N) is 1. The summed E-state index contributed by atoms with van der Waals surface area (Å²) in [6.07, 6.45) is 0. The Hall–Kier alpha value is -2.12. The zero-order valence-corrected chi connectivity index (χ0v) is 11.5. The molecule has 2 aromatic rings. The highest BCUT2D eigenvalue weighted by Gasteiger charge is 2.49. The van der Waals surface area contributed by atoms with Crippen molar-refractivity contribution in [1.29, 1.82) is 0 Å². The molecule has 1 atom stereocenters. The van der Waals surface area contributed by atoms with Gasteiger partial charge in [0.2, 0.25) is 0 Å². The first-order chi connectivity index (χ1) is 9.08. The standard InChI is InChI=1S/C12H13N5O2.ClH/c1-17-9(7-4-2-3-5-8(7)16-17)12(6-13)10(18)14-11(19)15-12;/h2-5H,6,13H2,1H3,(H2,14,15,18,19);1H. The fourth-order valence-electron chi connectivity index (χ4n) is 2.55. The number of amides is 3. The molecule has 0 spiro atoms. The number of aryl methyl sites for hydroxylation is 1. The molecule has 1 unspecified atom stereocenters. The van der Waals surface area contributed by atoms with E-state index in [1.165, 1.54) is 0 Å². The second-order valence-corrected chi connectivity index (χ2v) is 4.51. The van der Waals surface area contributed by atoms with Gasteiger partial charge in [-0.25, -0.2) is 4.79 Å². The van der Waals surface area contributed by atoms with Crippen LogP contribution in [0.25, 0.3) is 10.9 Å². The molecule has 1 aromatic heterocycles. The third-order valence-corrected chi connectivity index (χ3v) is 3.39. The summed E-state index contributed by atoms with van der Waals surface area (Å²) in [6.45, 7) is -0.0336. The van der Waals surface area contributed by atoms with Crippen LogP contribution < -0.4 is 16.4 Å². The van der Waals surface area contributed by atoms with Crippen LogP contribution in [0.4, 0.5) is 4.79 Å². The van der Waals surface area contributed by atoms with E-state index in [0.717, 1.165) is 10.9 Å². The molecule has 0 aliphatic carbocycles. The van der Waals surface area contributed by atoms with Crippen LogP contribution in [0.3, 0.4) is 0 Å². The predicted molar refractivity (Wildman–Crippen MR) is 75.4 cm³/mol. The molecule has 0 saturated carbocycles. The maximum atomic E-state index is 12.1. The Morgan fingerprint density at radius 2 is 2.05 bits per heavy atom. The van der Waals surface area contributed by atoms with Gasteiger partial charge in [0.05, 0.1) is 11.2 Å². The minimum absolute atomic E-state index is 0. The first-order valence-corrected chi connectivity index (χ1v) is 5.84. The molecule has 4 N–H and O–H groups in total. The van der Waals surface area contributed by atoms with E-state index < -0.39 is 17.5 Å². The topological polar surface area (TPSA) is 102 Å². The number of fused-ring (bicyclic) bond motifs is 1. The second-order valence-electron chi connectivity index (χ2n) is 4.51. The Balaban J connectivity index is 0.00000147. The van der Waals surface area contributed by atoms with Crippen molar-refractivity contribution in [2.75, 3.05) is 6.54 Å². The largest absolute Gasteiger partial charge is 0.327 e. The molecule has 106 valence electrons. The molecule has 1 aromatic carbocycles. The molecule has 3 rings (SSSR count). The first kappa shape index (κ1) is 14.3. The Morgan fingerprint density at radius 3 is 2.65 bits per heavy atom. The molecule has 1 fully saturated rings. The van der Waals surface area contributed by atoms with Crippen molar-refractivity contribution in [3.05, 3.63) is 30.0 Å². The normalized spacial score (nSPS) is 21.5. The van der Waals surface area contributed by atoms with Crippen LogP contribution in [-0.4, -0.2) is 28.3 Å². The summed E-state index contributed by atoms with van der Waals surface area (Å²) >= 11 is 0. The minimum Gasteiger partial charge on any atom is -0.327 e. The van der Waals surface area contributed by atoms with Crippen molar-refractivity contribution in [3.63, 3.8) is 0 Å². The summed E-state index contributed by atoms with van der Waals surface area (Å²) in [6, 6.07) is 6.87. The molecule has 0 radical (unpaired) electrons. The molecule has 2 heterocycles. The van der Waals surface area contributed by atoms with Crippen molar-refractivity contribution in [1.82, 2.24) is 20.4 Å². The third kappa shape index (κ3) is 1.75. The zero-order chi connectivity index (χ0) is 13.6. The van der Waals surface area contributed by atoms with Crippen LogP contribution in [0, 0.1) is 0 Å². The number of nitrogens with zero attached hydrogens (tertiary/aromatic N) is 2. The van der Waals surface area contributed by atoms with Gasteiger partial charge in [0.15, 0.2) is 5.54 Å². The molecule has 20 heavy (non-hydrogen) atoms. The number of hydrogen-bond donors (Lipinski definition) is 3. The van der Waals surface area contributed by atoms with Crippen LogP contribution in [0.2, 0.25) is 0 Å². The van der Waals surface area contributed by atoms with Gasteiger partial charge in [0.1, 0.15) is 0 Å². The smallest absolute Gasteiger partial charge is 0.322 e. The van der Waals surface area contributed by atoms with Gasteiger partial charge in [-0.15, -0.1) is 12.4 Å². The molecule has 8 heteroatoms. The molecule has 1 saturated heterocycles. The molecular weight excluding hydrogens is 282 g/mol. The van der Waals surface area contributed by atoms with E-state index >= 15 is 0 Å². The predicted octanol–water partition coefficient (Wildman–Crippen LogP) is -0.0115. The van der Waals surface area contributed by atoms with Gasteiger partial charge >= 0.3 is 6.03 Å². The van der Waals surface area contributed by atoms with Crippen LogP contribution >= 0.6 is 12.4 Å². The summed E-state index contributed by atoms with van der Waals surface area (Å²) in [4.78, 5) is 23.6. The Morgan fingerprint density at radius 1 is 1.35 bits per heavy atom. The third-order valence-electron chi connectivity index (χ3n) is 3.39. The maximum absolute atomic E-state index is 12.1. The van der Waals surface area contributed by atoms with Gasteiger partial charge in [-0.1, -0.05) is 18.2 Å². The van der Waals surface area contributed by atoms with E-state index in [1.807, 2.05) is 24.3 Å². The SMILES string of the molecule is Cl.Cn1nc2ccccc2c1C1(CN)NC(=O)NC1=O. The van der Waals surface area contributed by atoms with Gasteiger partial charge in [0.25, 0.3) is 5.91 Å². The fraction of sp³-hybridized carbons (Fsp3) is 0.250. The Labute approximate surface area is 120 Å². The Kier molecular flexibility index (Phi) is 3.41. The van der Waals surface area contributed by atoms with E-state index in [4.69, 9.17) is 5.73 Å². The fourth-order valence-corrected chi connectivity index (χ4v) is 2.55. The molecule has 0 bridgehead atoms. The van der Waals surface area contributed by atoms with Gasteiger partial charge < -0.3 is 11.1 Å². The number of carbonyl (C=O) groups excluding carboxylic acids is 2. The lowest BCUT2D eigenvalue weighted by atomic mass is 9.92. The summed E-state index contributed by atoms with van der Waals surface area (Å²) in [5, 5.41) is 9.98. The van der Waals surface area contributed by atoms with E-state index in [9.17, 15) is 9.59 Å². The number of benzene rings is 1. The number of nitrogens with one attached hydrogen (secondary N) is 2. The lowest BCUT2D eigenvalue weighted by Gasteiger charge is -2.24. The maximum Gasteiger partial charge on any atom is 0.322 e. The number of rotatable bonds is 2. The van der Waals surface area contributed by atoms with Crippen LogP contribution in [0.1, 0.15) is 5.69 Å². The van der Waals surface area contributed by atoms with Crippen LogP contribution in [0.5, 0.6) is 0 Å². The monoisotopic (exact) mass is 295 g/mol. The van der Waals surface area contributed by atoms with Crippen molar-refractivity contribution in [2.45, 2.75) is 5.54 Å². The summed E-state index contributed by atoms with van der Waals surface area (Å²) < 4.78 is 1.59. The molecule has 1 aliphatic rings. The van der Waals surface area contributed by atoms with Gasteiger partial charge in [0, 0.05) is 19.0 Å². The minimum atomic E-state index is -1.26. The van der Waals surface area contributed by atoms with Crippen molar-refractivity contribution in [3.8, 4) is 0 Å². The van der Waals surface area contributed by atoms with Crippen molar-refractivity contribution in [2.24, 2.45) is 12.8 Å². The van der Waals surface area contributed by atoms with Crippen molar-refractivity contribution < 1.29 is 9.59 Å². The van der Waals surface area contributed by atoms with Gasteiger partial charge in [-0.05, 0) is 6.07 Å². The number of urea groups is 1. The number of carbonyl (C=O) groups is 2. The number of imide groups is 1. The highest BCUT2D eigenvalue weighted by atomic mass is 35.5. The van der Waals surface area contributed by atoms with E-state index in [0.29, 0.717) is 5.69 Å². The summed E-state index contributed by atoms with van der Waals surface area (Å²) in [5.74, 6) is -0.450. The highest BCUT2D eigenvalue weighted by molar-refractivity contribution is 6.09. The quantitative estimate of drug-likeness (QED) is 0.678. The number of hydrogen-bond acceptors (Lipinski definition) is 4. The van der Waals surface area contributed by atoms with Crippen LogP contribution in [-0.2, 0) is 17.4 Å². The van der Waals surface area contributed by atoms with E-state index in [1.54, 1.807) is 11.7 Å². The molecular formula is C12H14ClN5O2. The van der Waals surface area contributed by atoms with Crippen LogP contribution in [0.15, 0.2) is 24.3 Å². The highest BCUT2D eigenvalue weighted by Crippen LogP contribution is 2.30. The van der Waals surface area contributed by atoms with Crippen molar-refractivity contribution >= 4 is 35.2 Å². The Bertz CT molecular complexity index is 698. The zero-order valence-electron chi connectivity index (χ0n) is 10.7. The van der Waals surface area contributed by atoms with Gasteiger partial charge in [-0.2, -0.15) is 5.10 Å². The first-order valence-electron chi connectivity index (χ1n) is 5.84. The lowest BCUT2D eigenvalue weighted by molar-refractivity contribution is -0.124.